The van der Waals surface area contributed by atoms with Crippen molar-refractivity contribution in [3.8, 4) is 22.3 Å². The average molecular weight is 634 g/mol. The summed E-state index contributed by atoms with van der Waals surface area (Å²) in [4.78, 5) is 2.47. The van der Waals surface area contributed by atoms with Crippen molar-refractivity contribution >= 4 is 70.5 Å². The van der Waals surface area contributed by atoms with Crippen LogP contribution < -0.4 is 4.90 Å². The van der Waals surface area contributed by atoms with E-state index in [9.17, 15) is 0 Å². The maximum Gasteiger partial charge on any atom is 0.144 e. The summed E-state index contributed by atoms with van der Waals surface area (Å²) in [6.07, 6.45) is 0. The predicted molar refractivity (Wildman–Crippen MR) is 204 cm³/mol. The Hall–Kier alpha value is -5.64. The van der Waals surface area contributed by atoms with Crippen molar-refractivity contribution in [1.29, 1.82) is 0 Å². The second-order valence-corrected chi connectivity index (χ2v) is 14.4. The van der Waals surface area contributed by atoms with Crippen molar-refractivity contribution in [3.63, 3.8) is 0 Å². The van der Waals surface area contributed by atoms with Crippen LogP contribution in [0.3, 0.4) is 0 Å². The summed E-state index contributed by atoms with van der Waals surface area (Å²) in [5, 5.41) is 4.68. The van der Waals surface area contributed by atoms with E-state index in [1.165, 1.54) is 53.6 Å². The third-order valence-corrected chi connectivity index (χ3v) is 11.5. The van der Waals surface area contributed by atoms with Crippen molar-refractivity contribution in [2.45, 2.75) is 19.3 Å². The Kier molecular flexibility index (Phi) is 5.82. The van der Waals surface area contributed by atoms with Crippen LogP contribution in [0.2, 0.25) is 0 Å². The van der Waals surface area contributed by atoms with Gasteiger partial charge in [0.05, 0.1) is 10.4 Å². The van der Waals surface area contributed by atoms with Crippen molar-refractivity contribution in [3.05, 3.63) is 163 Å². The lowest BCUT2D eigenvalue weighted by Gasteiger charge is -2.29. The van der Waals surface area contributed by atoms with Crippen molar-refractivity contribution < 1.29 is 4.42 Å². The molecular formula is C45H31NOS. The van der Waals surface area contributed by atoms with Gasteiger partial charge in [0, 0.05) is 43.0 Å². The molecule has 0 saturated carbocycles. The molecule has 2 heterocycles. The Labute approximate surface area is 283 Å². The van der Waals surface area contributed by atoms with Gasteiger partial charge in [-0.25, -0.2) is 0 Å². The molecular weight excluding hydrogens is 603 g/mol. The van der Waals surface area contributed by atoms with Crippen LogP contribution in [0.4, 0.5) is 17.1 Å². The van der Waals surface area contributed by atoms with Gasteiger partial charge in [-0.3, -0.25) is 0 Å². The van der Waals surface area contributed by atoms with Crippen LogP contribution in [-0.4, -0.2) is 0 Å². The van der Waals surface area contributed by atoms with Crippen molar-refractivity contribution in [2.75, 3.05) is 4.90 Å². The minimum Gasteiger partial charge on any atom is -0.455 e. The van der Waals surface area contributed by atoms with Crippen LogP contribution in [0.25, 0.3) is 64.4 Å². The summed E-state index contributed by atoms with van der Waals surface area (Å²) in [6.45, 7) is 4.71. The first-order valence-corrected chi connectivity index (χ1v) is 17.3. The van der Waals surface area contributed by atoms with E-state index in [0.717, 1.165) is 39.0 Å². The smallest absolute Gasteiger partial charge is 0.144 e. The Morgan fingerprint density at radius 2 is 1.21 bits per heavy atom. The number of furan rings is 1. The molecule has 10 rings (SSSR count). The Morgan fingerprint density at radius 3 is 2.06 bits per heavy atom. The van der Waals surface area contributed by atoms with Crippen LogP contribution >= 0.6 is 11.3 Å². The SMILES string of the molecule is CC1(C)c2ccccc2-c2ccc(N(c3ccc(-c4ccccc4)cc3)c3cc4c5ccccc5oc4c4c3sc3ccccc34)cc21. The topological polar surface area (TPSA) is 16.4 Å². The summed E-state index contributed by atoms with van der Waals surface area (Å²) in [7, 11) is 0. The predicted octanol–water partition coefficient (Wildman–Crippen LogP) is 13.4. The molecule has 3 heteroatoms. The highest BCUT2D eigenvalue weighted by Gasteiger charge is 2.36. The molecule has 0 unspecified atom stereocenters. The molecule has 0 spiro atoms. The summed E-state index contributed by atoms with van der Waals surface area (Å²) >= 11 is 1.84. The minimum absolute atomic E-state index is 0.109. The van der Waals surface area contributed by atoms with Gasteiger partial charge >= 0.3 is 0 Å². The molecule has 1 aliphatic carbocycles. The fraction of sp³-hybridized carbons (Fsp3) is 0.0667. The molecule has 1 aliphatic rings. The molecule has 0 aliphatic heterocycles. The zero-order valence-corrected chi connectivity index (χ0v) is 27.5. The van der Waals surface area contributed by atoms with E-state index in [1.807, 2.05) is 11.3 Å². The van der Waals surface area contributed by atoms with E-state index in [4.69, 9.17) is 4.42 Å². The fourth-order valence-corrected chi connectivity index (χ4v) is 9.11. The quantitative estimate of drug-likeness (QED) is 0.192. The molecule has 0 fully saturated rings. The number of anilines is 3. The zero-order valence-electron chi connectivity index (χ0n) is 26.7. The largest absolute Gasteiger partial charge is 0.455 e. The summed E-state index contributed by atoms with van der Waals surface area (Å²) in [6, 6.07) is 55.1. The molecule has 7 aromatic carbocycles. The number of rotatable bonds is 4. The molecule has 0 atom stereocenters. The Balaban J connectivity index is 1.28. The molecule has 0 radical (unpaired) electrons. The number of nitrogens with zero attached hydrogens (tertiary/aromatic N) is 1. The Morgan fingerprint density at radius 1 is 0.542 bits per heavy atom. The standard InChI is InChI=1S/C45H31NOS/c1-45(2)37-17-9-6-14-32(37)33-25-24-31(26-38(33)45)46(30-22-20-29(21-23-30)28-12-4-3-5-13-28)39-27-36-34-15-7-10-18-40(34)47-43(36)42-35-16-8-11-19-41(35)48-44(39)42/h3-27H,1-2H3. The van der Waals surface area contributed by atoms with Gasteiger partial charge < -0.3 is 9.32 Å². The van der Waals surface area contributed by atoms with E-state index in [1.54, 1.807) is 0 Å². The highest BCUT2D eigenvalue weighted by molar-refractivity contribution is 7.26. The van der Waals surface area contributed by atoms with Crippen molar-refractivity contribution in [2.24, 2.45) is 0 Å². The molecule has 48 heavy (non-hydrogen) atoms. The van der Waals surface area contributed by atoms with E-state index in [0.29, 0.717) is 0 Å². The number of thiophene rings is 1. The van der Waals surface area contributed by atoms with Crippen LogP contribution in [0.5, 0.6) is 0 Å². The number of benzene rings is 7. The average Bonchev–Trinajstić information content (AvgIpc) is 3.77. The maximum absolute atomic E-state index is 6.65. The number of hydrogen-bond acceptors (Lipinski definition) is 3. The lowest BCUT2D eigenvalue weighted by molar-refractivity contribution is 0.660. The van der Waals surface area contributed by atoms with Crippen molar-refractivity contribution in [1.82, 2.24) is 0 Å². The second kappa shape index (κ2) is 10.2. The first-order valence-electron chi connectivity index (χ1n) is 16.5. The normalized spacial score (nSPS) is 13.4. The fourth-order valence-electron chi connectivity index (χ4n) is 7.91. The molecule has 0 saturated heterocycles. The van der Waals surface area contributed by atoms with Gasteiger partial charge in [-0.2, -0.15) is 0 Å². The molecule has 0 amide bonds. The monoisotopic (exact) mass is 633 g/mol. The molecule has 9 aromatic rings. The highest BCUT2D eigenvalue weighted by Crippen LogP contribution is 2.53. The Bertz CT molecular complexity index is 2700. The third-order valence-electron chi connectivity index (χ3n) is 10.3. The lowest BCUT2D eigenvalue weighted by atomic mass is 9.82. The maximum atomic E-state index is 6.65. The third kappa shape index (κ3) is 3.92. The van der Waals surface area contributed by atoms with Crippen LogP contribution in [0.1, 0.15) is 25.0 Å². The number of hydrogen-bond donors (Lipinski definition) is 0. The highest BCUT2D eigenvalue weighted by atomic mass is 32.1. The molecule has 2 nitrogen and oxygen atoms in total. The summed E-state index contributed by atoms with van der Waals surface area (Å²) in [5.41, 5.74) is 13.0. The number of para-hydroxylation sites is 1. The lowest BCUT2D eigenvalue weighted by Crippen LogP contribution is -2.16. The molecule has 0 bridgehead atoms. The van der Waals surface area contributed by atoms with Gasteiger partial charge in [-0.1, -0.05) is 123 Å². The van der Waals surface area contributed by atoms with Gasteiger partial charge in [-0.15, -0.1) is 11.3 Å². The van der Waals surface area contributed by atoms with Gasteiger partial charge in [0.1, 0.15) is 11.2 Å². The van der Waals surface area contributed by atoms with E-state index >= 15 is 0 Å². The first kappa shape index (κ1) is 27.5. The van der Waals surface area contributed by atoms with Gasteiger partial charge in [0.2, 0.25) is 0 Å². The molecule has 228 valence electrons. The van der Waals surface area contributed by atoms with E-state index in [-0.39, 0.29) is 5.41 Å². The van der Waals surface area contributed by atoms with Crippen LogP contribution in [0.15, 0.2) is 156 Å². The summed E-state index contributed by atoms with van der Waals surface area (Å²) < 4.78 is 9.13. The molecule has 0 N–H and O–H groups in total. The zero-order chi connectivity index (χ0) is 32.0. The first-order chi connectivity index (χ1) is 23.6. The van der Waals surface area contributed by atoms with E-state index < -0.39 is 0 Å². The number of fused-ring (bicyclic) bond motifs is 10. The van der Waals surface area contributed by atoms with Crippen LogP contribution in [0, 0.1) is 0 Å². The van der Waals surface area contributed by atoms with E-state index in [2.05, 4.69) is 170 Å². The second-order valence-electron chi connectivity index (χ2n) is 13.3. The summed E-state index contributed by atoms with van der Waals surface area (Å²) in [5.74, 6) is 0. The van der Waals surface area contributed by atoms with Gasteiger partial charge in [-0.05, 0) is 75.8 Å². The molecule has 2 aromatic heterocycles. The van der Waals surface area contributed by atoms with Crippen LogP contribution in [-0.2, 0) is 5.41 Å². The minimum atomic E-state index is -0.109. The van der Waals surface area contributed by atoms with Gasteiger partial charge in [0.15, 0.2) is 0 Å². The van der Waals surface area contributed by atoms with Gasteiger partial charge in [0.25, 0.3) is 0 Å².